The van der Waals surface area contributed by atoms with E-state index in [-0.39, 0.29) is 12.1 Å². The Morgan fingerprint density at radius 3 is 1.73 bits per heavy atom. The van der Waals surface area contributed by atoms with Crippen LogP contribution in [-0.2, 0) is 0 Å². The summed E-state index contributed by atoms with van der Waals surface area (Å²) in [6.07, 6.45) is 0.591. The van der Waals surface area contributed by atoms with E-state index in [0.717, 1.165) is 0 Å². The fraction of sp³-hybridized carbons (Fsp3) is 1.00. The van der Waals surface area contributed by atoms with Gasteiger partial charge in [0.05, 0.1) is 0 Å². The van der Waals surface area contributed by atoms with Crippen LogP contribution in [0.5, 0.6) is 0 Å². The second kappa shape index (κ2) is 5.41. The minimum absolute atomic E-state index is 0.111. The van der Waals surface area contributed by atoms with Gasteiger partial charge in [0.2, 0.25) is 0 Å². The molecule has 0 saturated carbocycles. The summed E-state index contributed by atoms with van der Waals surface area (Å²) in [7, 11) is 0. The predicted octanol–water partition coefficient (Wildman–Crippen LogP) is 2.77. The third-order valence-corrected chi connectivity index (χ3v) is 1.18. The molecule has 0 heterocycles. The van der Waals surface area contributed by atoms with Gasteiger partial charge in [-0.1, -0.05) is 24.1 Å². The number of nitrogens with zero attached hydrogens (tertiary/aromatic N) is 6. The van der Waals surface area contributed by atoms with Crippen molar-refractivity contribution in [1.82, 2.24) is 0 Å². The third kappa shape index (κ3) is 5.08. The summed E-state index contributed by atoms with van der Waals surface area (Å²) in [5.74, 6) is 0. The van der Waals surface area contributed by atoms with Crippen LogP contribution in [0.15, 0.2) is 10.2 Å². The highest BCUT2D eigenvalue weighted by Gasteiger charge is 2.03. The lowest BCUT2D eigenvalue weighted by Gasteiger charge is -2.05. The van der Waals surface area contributed by atoms with Crippen molar-refractivity contribution >= 4 is 0 Å². The van der Waals surface area contributed by atoms with Crippen LogP contribution in [0, 0.1) is 0 Å². The van der Waals surface area contributed by atoms with Crippen LogP contribution in [0.4, 0.5) is 0 Å². The Bertz CT molecular complexity index is 177. The van der Waals surface area contributed by atoms with Crippen LogP contribution in [0.25, 0.3) is 20.9 Å². The summed E-state index contributed by atoms with van der Waals surface area (Å²) in [5, 5.41) is 6.89. The van der Waals surface area contributed by atoms with E-state index in [2.05, 4.69) is 20.1 Å². The van der Waals surface area contributed by atoms with Crippen LogP contribution in [0.1, 0.15) is 20.3 Å². The average molecular weight is 154 g/mol. The second-order valence-electron chi connectivity index (χ2n) is 2.34. The van der Waals surface area contributed by atoms with Crippen molar-refractivity contribution in [1.29, 1.82) is 0 Å². The average Bonchev–Trinajstić information content (AvgIpc) is 1.87. The maximum atomic E-state index is 8.03. The van der Waals surface area contributed by atoms with Crippen LogP contribution in [-0.4, -0.2) is 12.1 Å². The highest BCUT2D eigenvalue weighted by molar-refractivity contribution is 4.69. The van der Waals surface area contributed by atoms with Gasteiger partial charge in [-0.05, 0) is 17.5 Å². The molecule has 0 aliphatic rings. The lowest BCUT2D eigenvalue weighted by Crippen LogP contribution is -2.06. The lowest BCUT2D eigenvalue weighted by molar-refractivity contribution is 0.575. The molecule has 11 heavy (non-hydrogen) atoms. The molecule has 2 unspecified atom stereocenters. The van der Waals surface area contributed by atoms with Crippen molar-refractivity contribution in [2.45, 2.75) is 32.4 Å². The van der Waals surface area contributed by atoms with Gasteiger partial charge in [-0.2, -0.15) is 0 Å². The Morgan fingerprint density at radius 2 is 1.45 bits per heavy atom. The zero-order valence-electron chi connectivity index (χ0n) is 6.55. The Morgan fingerprint density at radius 1 is 1.09 bits per heavy atom. The number of hydrogen-bond acceptors (Lipinski definition) is 2. The van der Waals surface area contributed by atoms with Crippen LogP contribution >= 0.6 is 0 Å². The molecule has 0 fully saturated rings. The van der Waals surface area contributed by atoms with Crippen molar-refractivity contribution in [3.05, 3.63) is 20.9 Å². The van der Waals surface area contributed by atoms with Crippen molar-refractivity contribution in [3.8, 4) is 0 Å². The van der Waals surface area contributed by atoms with Gasteiger partial charge >= 0.3 is 0 Å². The molecule has 60 valence electrons. The van der Waals surface area contributed by atoms with Gasteiger partial charge in [0.15, 0.2) is 0 Å². The summed E-state index contributed by atoms with van der Waals surface area (Å²) >= 11 is 0. The van der Waals surface area contributed by atoms with Gasteiger partial charge in [0.1, 0.15) is 0 Å². The van der Waals surface area contributed by atoms with E-state index < -0.39 is 0 Å². The molecular formula is C5H10N6. The maximum absolute atomic E-state index is 8.03. The number of hydrogen-bond donors (Lipinski definition) is 0. The molecule has 0 rings (SSSR count). The first-order chi connectivity index (χ1) is 5.20. The SMILES string of the molecule is CC(CC(C)N=[N+]=[N-])N=[N+]=[N-]. The first kappa shape index (κ1) is 9.62. The fourth-order valence-electron chi connectivity index (χ4n) is 0.764. The molecule has 0 aliphatic carbocycles. The molecular weight excluding hydrogens is 144 g/mol. The van der Waals surface area contributed by atoms with Crippen LogP contribution < -0.4 is 0 Å². The van der Waals surface area contributed by atoms with E-state index in [9.17, 15) is 0 Å². The van der Waals surface area contributed by atoms with E-state index in [1.54, 1.807) is 13.8 Å². The molecule has 0 aromatic rings. The van der Waals surface area contributed by atoms with Crippen molar-refractivity contribution in [2.24, 2.45) is 10.2 Å². The monoisotopic (exact) mass is 154 g/mol. The normalized spacial score (nSPS) is 14.0. The summed E-state index contributed by atoms with van der Waals surface area (Å²) < 4.78 is 0. The molecule has 6 heteroatoms. The van der Waals surface area contributed by atoms with Crippen LogP contribution in [0.2, 0.25) is 0 Å². The second-order valence-corrected chi connectivity index (χ2v) is 2.34. The van der Waals surface area contributed by atoms with E-state index in [1.807, 2.05) is 0 Å². The van der Waals surface area contributed by atoms with Crippen molar-refractivity contribution in [2.75, 3.05) is 0 Å². The first-order valence-corrected chi connectivity index (χ1v) is 3.29. The third-order valence-electron chi connectivity index (χ3n) is 1.18. The van der Waals surface area contributed by atoms with E-state index in [4.69, 9.17) is 11.1 Å². The molecule has 0 amide bonds. The lowest BCUT2D eigenvalue weighted by atomic mass is 10.1. The van der Waals surface area contributed by atoms with Gasteiger partial charge in [-0.15, -0.1) is 0 Å². The molecule has 0 aliphatic heterocycles. The number of azide groups is 2. The highest BCUT2D eigenvalue weighted by Crippen LogP contribution is 2.04. The topological polar surface area (TPSA) is 97.5 Å². The zero-order chi connectivity index (χ0) is 8.69. The minimum atomic E-state index is -0.111. The molecule has 0 saturated heterocycles. The maximum Gasteiger partial charge on any atom is 0.0349 e. The quantitative estimate of drug-likeness (QED) is 0.338. The molecule has 0 N–H and O–H groups in total. The van der Waals surface area contributed by atoms with Crippen molar-refractivity contribution in [3.63, 3.8) is 0 Å². The standard InChI is InChI=1S/C5H10N6/c1-4(8-10-6)3-5(2)9-11-7/h4-5H,3H2,1-2H3. The smallest absolute Gasteiger partial charge is 0.0349 e. The fourth-order valence-corrected chi connectivity index (χ4v) is 0.764. The number of rotatable bonds is 4. The van der Waals surface area contributed by atoms with Crippen molar-refractivity contribution < 1.29 is 0 Å². The summed E-state index contributed by atoms with van der Waals surface area (Å²) in [6.45, 7) is 3.56. The molecule has 6 nitrogen and oxygen atoms in total. The Hall–Kier alpha value is -1.38. The Labute approximate surface area is 64.5 Å². The van der Waals surface area contributed by atoms with Gasteiger partial charge < -0.3 is 0 Å². The van der Waals surface area contributed by atoms with Gasteiger partial charge in [0.25, 0.3) is 0 Å². The summed E-state index contributed by atoms with van der Waals surface area (Å²) in [4.78, 5) is 5.28. The molecule has 0 radical (unpaired) electrons. The predicted molar refractivity (Wildman–Crippen MR) is 41.8 cm³/mol. The van der Waals surface area contributed by atoms with Crippen LogP contribution in [0.3, 0.4) is 0 Å². The highest BCUT2D eigenvalue weighted by atomic mass is 15.2. The molecule has 0 spiro atoms. The summed E-state index contributed by atoms with van der Waals surface area (Å²) in [6, 6.07) is -0.221. The van der Waals surface area contributed by atoms with E-state index in [1.165, 1.54) is 0 Å². The largest absolute Gasteiger partial charge is 0.0909 e. The van der Waals surface area contributed by atoms with Gasteiger partial charge in [-0.3, -0.25) is 0 Å². The zero-order valence-corrected chi connectivity index (χ0v) is 6.55. The molecule has 0 bridgehead atoms. The van der Waals surface area contributed by atoms with Gasteiger partial charge in [0, 0.05) is 21.9 Å². The summed E-state index contributed by atoms with van der Waals surface area (Å²) in [5.41, 5.74) is 16.1. The first-order valence-electron chi connectivity index (χ1n) is 3.29. The van der Waals surface area contributed by atoms with E-state index in [0.29, 0.717) is 6.42 Å². The Kier molecular flexibility index (Phi) is 4.73. The molecule has 0 aromatic carbocycles. The minimum Gasteiger partial charge on any atom is -0.0909 e. The van der Waals surface area contributed by atoms with Gasteiger partial charge in [-0.25, -0.2) is 0 Å². The Balaban J connectivity index is 3.83. The van der Waals surface area contributed by atoms with E-state index >= 15 is 0 Å². The molecule has 2 atom stereocenters. The molecule has 0 aromatic heterocycles.